The second-order valence-electron chi connectivity index (χ2n) is 5.82. The van der Waals surface area contributed by atoms with E-state index in [9.17, 15) is 13.2 Å². The monoisotopic (exact) mass is 274 g/mol. The van der Waals surface area contributed by atoms with Crippen LogP contribution in [0.15, 0.2) is 0 Å². The van der Waals surface area contributed by atoms with Gasteiger partial charge in [-0.05, 0) is 12.8 Å². The average Bonchev–Trinajstić information content (AvgIpc) is 2.71. The summed E-state index contributed by atoms with van der Waals surface area (Å²) in [6.07, 6.45) is 1.58. The van der Waals surface area contributed by atoms with Crippen LogP contribution < -0.4 is 10.6 Å². The molecule has 2 heterocycles. The maximum Gasteiger partial charge on any atom is 0.222 e. The molecule has 0 aromatic rings. The molecule has 0 aromatic heterocycles. The molecular formula is C12H22N2O3S. The summed E-state index contributed by atoms with van der Waals surface area (Å²) in [6.45, 7) is 5.38. The molecule has 2 N–H and O–H groups in total. The highest BCUT2D eigenvalue weighted by Crippen LogP contribution is 2.39. The Morgan fingerprint density at radius 1 is 1.50 bits per heavy atom. The molecular weight excluding hydrogens is 252 g/mol. The lowest BCUT2D eigenvalue weighted by Crippen LogP contribution is -2.51. The molecule has 0 spiro atoms. The third-order valence-electron chi connectivity index (χ3n) is 4.17. The fraction of sp³-hybridized carbons (Fsp3) is 0.917. The van der Waals surface area contributed by atoms with E-state index in [1.54, 1.807) is 0 Å². The molecule has 2 fully saturated rings. The molecule has 2 aliphatic heterocycles. The number of sulfone groups is 1. The van der Waals surface area contributed by atoms with Crippen LogP contribution in [0.3, 0.4) is 0 Å². The molecule has 104 valence electrons. The normalized spacial score (nSPS) is 34.3. The van der Waals surface area contributed by atoms with Crippen molar-refractivity contribution in [3.05, 3.63) is 0 Å². The van der Waals surface area contributed by atoms with Gasteiger partial charge < -0.3 is 10.6 Å². The second kappa shape index (κ2) is 4.81. The molecule has 2 aliphatic rings. The Kier molecular flexibility index (Phi) is 3.69. The molecule has 5 nitrogen and oxygen atoms in total. The smallest absolute Gasteiger partial charge is 0.222 e. The molecule has 0 saturated carbocycles. The highest BCUT2D eigenvalue weighted by molar-refractivity contribution is 7.92. The lowest BCUT2D eigenvalue weighted by Gasteiger charge is -2.38. The summed E-state index contributed by atoms with van der Waals surface area (Å²) in [5.41, 5.74) is -0.290. The van der Waals surface area contributed by atoms with Crippen molar-refractivity contribution in [2.45, 2.75) is 31.9 Å². The molecule has 18 heavy (non-hydrogen) atoms. The molecule has 0 radical (unpaired) electrons. The lowest BCUT2D eigenvalue weighted by atomic mass is 9.81. The van der Waals surface area contributed by atoms with E-state index in [0.717, 1.165) is 6.42 Å². The predicted molar refractivity (Wildman–Crippen MR) is 70.0 cm³/mol. The molecule has 6 heteroatoms. The van der Waals surface area contributed by atoms with Crippen molar-refractivity contribution in [2.75, 3.05) is 25.4 Å². The van der Waals surface area contributed by atoms with Gasteiger partial charge in [0, 0.05) is 31.0 Å². The lowest BCUT2D eigenvalue weighted by molar-refractivity contribution is -0.124. The largest absolute Gasteiger partial charge is 0.355 e. The second-order valence-corrected chi connectivity index (χ2v) is 8.13. The van der Waals surface area contributed by atoms with Gasteiger partial charge in [0.2, 0.25) is 5.91 Å². The molecule has 2 unspecified atom stereocenters. The van der Waals surface area contributed by atoms with E-state index >= 15 is 0 Å². The Morgan fingerprint density at radius 3 is 2.89 bits per heavy atom. The highest BCUT2D eigenvalue weighted by atomic mass is 32.2. The number of carbonyl (C=O) groups excluding carboxylic acids is 1. The minimum Gasteiger partial charge on any atom is -0.355 e. The van der Waals surface area contributed by atoms with Crippen molar-refractivity contribution in [1.29, 1.82) is 0 Å². The van der Waals surface area contributed by atoms with Gasteiger partial charge in [-0.1, -0.05) is 13.8 Å². The first kappa shape index (κ1) is 13.8. The quantitative estimate of drug-likeness (QED) is 0.755. The summed E-state index contributed by atoms with van der Waals surface area (Å²) >= 11 is 0. The standard InChI is InChI=1S/C12H22N2O3S/c1-9(2)11(15)14-8-12-4-3-5-18(16,17)10(12)6-13-7-12/h9-10,13H,3-8H2,1-2H3,(H,14,15). The van der Waals surface area contributed by atoms with Crippen molar-refractivity contribution in [3.8, 4) is 0 Å². The first-order valence-electron chi connectivity index (χ1n) is 6.57. The third kappa shape index (κ3) is 2.40. The first-order valence-corrected chi connectivity index (χ1v) is 8.29. The average molecular weight is 274 g/mol. The summed E-state index contributed by atoms with van der Waals surface area (Å²) in [7, 11) is -3.00. The zero-order valence-electron chi connectivity index (χ0n) is 11.0. The fourth-order valence-corrected chi connectivity index (χ4v) is 5.29. The summed E-state index contributed by atoms with van der Waals surface area (Å²) in [6, 6.07) is 0. The van der Waals surface area contributed by atoms with Crippen LogP contribution in [0.25, 0.3) is 0 Å². The summed E-state index contributed by atoms with van der Waals surface area (Å²) in [5.74, 6) is 0.228. The Labute approximate surface area is 109 Å². The number of fused-ring (bicyclic) bond motifs is 1. The fourth-order valence-electron chi connectivity index (χ4n) is 3.04. The molecule has 0 aliphatic carbocycles. The maximum absolute atomic E-state index is 12.1. The van der Waals surface area contributed by atoms with E-state index in [1.165, 1.54) is 0 Å². The van der Waals surface area contributed by atoms with Gasteiger partial charge in [-0.25, -0.2) is 8.42 Å². The van der Waals surface area contributed by atoms with Crippen LogP contribution in [0.4, 0.5) is 0 Å². The van der Waals surface area contributed by atoms with Crippen LogP contribution in [-0.4, -0.2) is 45.0 Å². The minimum atomic E-state index is -3.00. The van der Waals surface area contributed by atoms with E-state index in [0.29, 0.717) is 31.8 Å². The molecule has 2 saturated heterocycles. The van der Waals surface area contributed by atoms with Crippen molar-refractivity contribution in [2.24, 2.45) is 11.3 Å². The third-order valence-corrected chi connectivity index (χ3v) is 6.56. The van der Waals surface area contributed by atoms with Gasteiger partial charge >= 0.3 is 0 Å². The molecule has 2 atom stereocenters. The van der Waals surface area contributed by atoms with Crippen molar-refractivity contribution < 1.29 is 13.2 Å². The number of amides is 1. The maximum atomic E-state index is 12.1. The van der Waals surface area contributed by atoms with Crippen LogP contribution in [0, 0.1) is 11.3 Å². The topological polar surface area (TPSA) is 75.3 Å². The minimum absolute atomic E-state index is 0.00186. The number of hydrogen-bond acceptors (Lipinski definition) is 4. The van der Waals surface area contributed by atoms with E-state index in [1.807, 2.05) is 13.8 Å². The van der Waals surface area contributed by atoms with E-state index < -0.39 is 9.84 Å². The summed E-state index contributed by atoms with van der Waals surface area (Å²) in [5, 5.41) is 5.76. The van der Waals surface area contributed by atoms with Gasteiger partial charge in [0.25, 0.3) is 0 Å². The van der Waals surface area contributed by atoms with Crippen molar-refractivity contribution >= 4 is 15.7 Å². The highest BCUT2D eigenvalue weighted by Gasteiger charge is 2.51. The number of nitrogens with one attached hydrogen (secondary N) is 2. The molecule has 0 bridgehead atoms. The van der Waals surface area contributed by atoms with Gasteiger partial charge in [0.15, 0.2) is 9.84 Å². The van der Waals surface area contributed by atoms with Gasteiger partial charge in [0.1, 0.15) is 0 Å². The zero-order valence-corrected chi connectivity index (χ0v) is 11.8. The van der Waals surface area contributed by atoms with Gasteiger partial charge in [0.05, 0.1) is 11.0 Å². The SMILES string of the molecule is CC(C)C(=O)NCC12CCCS(=O)(=O)C1CNC2. The van der Waals surface area contributed by atoms with Crippen LogP contribution in [-0.2, 0) is 14.6 Å². The molecule has 0 aromatic carbocycles. The van der Waals surface area contributed by atoms with E-state index in [2.05, 4.69) is 10.6 Å². The Morgan fingerprint density at radius 2 is 2.22 bits per heavy atom. The zero-order chi connectivity index (χ0) is 13.4. The predicted octanol–water partition coefficient (Wildman–Crippen LogP) is -0.0746. The molecule has 2 rings (SSSR count). The van der Waals surface area contributed by atoms with Crippen LogP contribution in [0.1, 0.15) is 26.7 Å². The number of rotatable bonds is 3. The van der Waals surface area contributed by atoms with E-state index in [-0.39, 0.29) is 22.5 Å². The Bertz CT molecular complexity index is 433. The number of hydrogen-bond donors (Lipinski definition) is 2. The molecule has 1 amide bonds. The van der Waals surface area contributed by atoms with Crippen molar-refractivity contribution in [3.63, 3.8) is 0 Å². The Hall–Kier alpha value is -0.620. The first-order chi connectivity index (χ1) is 8.37. The summed E-state index contributed by atoms with van der Waals surface area (Å²) < 4.78 is 24.2. The van der Waals surface area contributed by atoms with Gasteiger partial charge in [-0.15, -0.1) is 0 Å². The van der Waals surface area contributed by atoms with E-state index in [4.69, 9.17) is 0 Å². The summed E-state index contributed by atoms with van der Waals surface area (Å²) in [4.78, 5) is 11.7. The van der Waals surface area contributed by atoms with Gasteiger partial charge in [-0.2, -0.15) is 0 Å². The Balaban J connectivity index is 2.11. The van der Waals surface area contributed by atoms with Crippen LogP contribution in [0.2, 0.25) is 0 Å². The van der Waals surface area contributed by atoms with Gasteiger partial charge in [-0.3, -0.25) is 4.79 Å². The number of carbonyl (C=O) groups is 1. The van der Waals surface area contributed by atoms with Crippen molar-refractivity contribution in [1.82, 2.24) is 10.6 Å². The van der Waals surface area contributed by atoms with Crippen LogP contribution in [0.5, 0.6) is 0 Å². The van der Waals surface area contributed by atoms with Crippen LogP contribution >= 0.6 is 0 Å².